The molecule has 0 saturated carbocycles. The molecule has 0 aliphatic carbocycles. The number of carbonyl (C=O) groups is 3. The number of ether oxygens (including phenoxy) is 1. The Kier molecular flexibility index (Phi) is 7.37. The quantitative estimate of drug-likeness (QED) is 0.547. The topological polar surface area (TPSA) is 99.8 Å². The van der Waals surface area contributed by atoms with Crippen molar-refractivity contribution >= 4 is 29.4 Å². The number of rotatable bonds is 6. The zero-order valence-electron chi connectivity index (χ0n) is 19.6. The second kappa shape index (κ2) is 10.2. The van der Waals surface area contributed by atoms with Crippen LogP contribution in [-0.4, -0.2) is 36.6 Å². The number of aryl methyl sites for hydroxylation is 2. The molecule has 2 aromatic carbocycles. The monoisotopic (exact) mass is 450 g/mol. The fraction of sp³-hybridized carbons (Fsp3) is 0.320. The molecule has 0 fully saturated rings. The van der Waals surface area contributed by atoms with Gasteiger partial charge in [0, 0.05) is 23.6 Å². The van der Waals surface area contributed by atoms with Crippen LogP contribution in [0.4, 0.5) is 21.0 Å². The van der Waals surface area contributed by atoms with E-state index in [1.807, 2.05) is 39.0 Å². The van der Waals surface area contributed by atoms with Gasteiger partial charge in [-0.3, -0.25) is 4.90 Å². The van der Waals surface area contributed by atoms with E-state index in [0.717, 1.165) is 17.5 Å². The molecule has 1 unspecified atom stereocenters. The van der Waals surface area contributed by atoms with E-state index < -0.39 is 18.0 Å². The molecule has 1 aliphatic rings. The van der Waals surface area contributed by atoms with Crippen molar-refractivity contribution in [1.29, 1.82) is 0 Å². The number of nitrogens with one attached hydrogen (secondary N) is 3. The molecule has 33 heavy (non-hydrogen) atoms. The first kappa shape index (κ1) is 23.8. The third-order valence-electron chi connectivity index (χ3n) is 5.69. The Morgan fingerprint density at radius 3 is 2.36 bits per heavy atom. The first-order valence-corrected chi connectivity index (χ1v) is 10.9. The van der Waals surface area contributed by atoms with Crippen LogP contribution in [0.3, 0.4) is 0 Å². The number of hydrogen-bond donors (Lipinski definition) is 3. The van der Waals surface area contributed by atoms with Gasteiger partial charge in [0.05, 0.1) is 18.7 Å². The van der Waals surface area contributed by atoms with Gasteiger partial charge in [0.25, 0.3) is 0 Å². The van der Waals surface area contributed by atoms with Crippen LogP contribution >= 0.6 is 0 Å². The summed E-state index contributed by atoms with van der Waals surface area (Å²) in [7, 11) is 1.31. The maximum absolute atomic E-state index is 12.7. The summed E-state index contributed by atoms with van der Waals surface area (Å²) < 4.78 is 5.00. The molecule has 0 bridgehead atoms. The van der Waals surface area contributed by atoms with Crippen LogP contribution in [-0.2, 0) is 9.53 Å². The van der Waals surface area contributed by atoms with Crippen molar-refractivity contribution in [1.82, 2.24) is 10.2 Å². The van der Waals surface area contributed by atoms with Crippen molar-refractivity contribution in [2.45, 2.75) is 40.2 Å². The molecule has 1 atom stereocenters. The Labute approximate surface area is 194 Å². The highest BCUT2D eigenvalue weighted by Gasteiger charge is 2.36. The second-order valence-electron chi connectivity index (χ2n) is 8.03. The number of anilines is 2. The molecular weight excluding hydrogens is 420 g/mol. The Morgan fingerprint density at radius 2 is 1.73 bits per heavy atom. The number of urea groups is 2. The standard InChI is InChI=1S/C25H30N4O4/c1-6-12-29-17(4)21(23(30)33-5)22(28-25(29)32)18-8-7-9-19(14-18)26-24(31)27-20-11-10-15(2)16(3)13-20/h7-11,13-14,22H,6,12H2,1-5H3,(H,28,32)(H2,26,27,31). The molecule has 4 amide bonds. The number of hydrogen-bond acceptors (Lipinski definition) is 4. The molecule has 0 spiro atoms. The van der Waals surface area contributed by atoms with Crippen molar-refractivity contribution < 1.29 is 19.1 Å². The van der Waals surface area contributed by atoms with Crippen molar-refractivity contribution in [3.63, 3.8) is 0 Å². The van der Waals surface area contributed by atoms with Crippen LogP contribution in [0.15, 0.2) is 53.7 Å². The first-order chi connectivity index (χ1) is 15.7. The number of methoxy groups -OCH3 is 1. The van der Waals surface area contributed by atoms with E-state index in [1.165, 1.54) is 7.11 Å². The van der Waals surface area contributed by atoms with Gasteiger partial charge >= 0.3 is 18.0 Å². The van der Waals surface area contributed by atoms with E-state index in [9.17, 15) is 14.4 Å². The highest BCUT2D eigenvalue weighted by atomic mass is 16.5. The zero-order valence-corrected chi connectivity index (χ0v) is 19.6. The molecule has 0 aromatic heterocycles. The van der Waals surface area contributed by atoms with Crippen molar-refractivity contribution in [2.24, 2.45) is 0 Å². The second-order valence-corrected chi connectivity index (χ2v) is 8.03. The summed E-state index contributed by atoms with van der Waals surface area (Å²) in [5.41, 5.74) is 5.02. The van der Waals surface area contributed by atoms with Crippen LogP contribution in [0, 0.1) is 13.8 Å². The lowest BCUT2D eigenvalue weighted by molar-refractivity contribution is -0.136. The minimum absolute atomic E-state index is 0.280. The number of esters is 1. The molecule has 1 heterocycles. The average molecular weight is 451 g/mol. The molecule has 2 aromatic rings. The maximum Gasteiger partial charge on any atom is 0.337 e. The number of amides is 4. The summed E-state index contributed by atoms with van der Waals surface area (Å²) in [6.07, 6.45) is 0.749. The fourth-order valence-electron chi connectivity index (χ4n) is 3.81. The average Bonchev–Trinajstić information content (AvgIpc) is 2.78. The number of benzene rings is 2. The molecule has 8 heteroatoms. The summed E-state index contributed by atoms with van der Waals surface area (Å²) in [5, 5.41) is 8.52. The lowest BCUT2D eigenvalue weighted by atomic mass is 9.94. The molecule has 3 N–H and O–H groups in total. The van der Waals surface area contributed by atoms with Crippen LogP contribution in [0.25, 0.3) is 0 Å². The minimum atomic E-state index is -0.692. The highest BCUT2D eigenvalue weighted by Crippen LogP contribution is 2.32. The summed E-state index contributed by atoms with van der Waals surface area (Å²) >= 11 is 0. The summed E-state index contributed by atoms with van der Waals surface area (Å²) in [6.45, 7) is 8.19. The van der Waals surface area contributed by atoms with Crippen molar-refractivity contribution in [2.75, 3.05) is 24.3 Å². The molecule has 0 saturated heterocycles. The summed E-state index contributed by atoms with van der Waals surface area (Å²) in [6, 6.07) is 11.4. The zero-order chi connectivity index (χ0) is 24.1. The Balaban J connectivity index is 1.85. The Morgan fingerprint density at radius 1 is 1.03 bits per heavy atom. The Bertz CT molecular complexity index is 1110. The van der Waals surface area contributed by atoms with Gasteiger partial charge in [-0.25, -0.2) is 14.4 Å². The minimum Gasteiger partial charge on any atom is -0.466 e. The third kappa shape index (κ3) is 5.34. The van der Waals surface area contributed by atoms with E-state index >= 15 is 0 Å². The van der Waals surface area contributed by atoms with Crippen LogP contribution in [0.5, 0.6) is 0 Å². The molecule has 3 rings (SSSR count). The van der Waals surface area contributed by atoms with Crippen LogP contribution in [0.2, 0.25) is 0 Å². The SMILES string of the molecule is CCCN1C(=O)NC(c2cccc(NC(=O)Nc3ccc(C)c(C)c3)c2)C(C(=O)OC)=C1C. The molecule has 1 aliphatic heterocycles. The maximum atomic E-state index is 12.7. The first-order valence-electron chi connectivity index (χ1n) is 10.9. The van der Waals surface area contributed by atoms with Gasteiger partial charge in [-0.05, 0) is 68.1 Å². The third-order valence-corrected chi connectivity index (χ3v) is 5.69. The summed E-state index contributed by atoms with van der Waals surface area (Å²) in [5.74, 6) is -0.510. The van der Waals surface area contributed by atoms with Gasteiger partial charge in [0.2, 0.25) is 0 Å². The smallest absolute Gasteiger partial charge is 0.337 e. The van der Waals surface area contributed by atoms with E-state index in [-0.39, 0.29) is 6.03 Å². The van der Waals surface area contributed by atoms with E-state index in [0.29, 0.717) is 34.8 Å². The highest BCUT2D eigenvalue weighted by molar-refractivity contribution is 6.00. The fourth-order valence-corrected chi connectivity index (χ4v) is 3.81. The van der Waals surface area contributed by atoms with Crippen LogP contribution in [0.1, 0.15) is 43.0 Å². The lowest BCUT2D eigenvalue weighted by Crippen LogP contribution is -2.48. The molecule has 174 valence electrons. The Hall–Kier alpha value is -3.81. The van der Waals surface area contributed by atoms with Gasteiger partial charge in [0.15, 0.2) is 0 Å². The number of carbonyl (C=O) groups excluding carboxylic acids is 3. The van der Waals surface area contributed by atoms with Gasteiger partial charge in [0.1, 0.15) is 0 Å². The van der Waals surface area contributed by atoms with Crippen molar-refractivity contribution in [3.8, 4) is 0 Å². The molecule has 8 nitrogen and oxygen atoms in total. The largest absolute Gasteiger partial charge is 0.466 e. The molecule has 0 radical (unpaired) electrons. The number of nitrogens with zero attached hydrogens (tertiary/aromatic N) is 1. The molecular formula is C25H30N4O4. The van der Waals surface area contributed by atoms with E-state index in [4.69, 9.17) is 4.74 Å². The predicted octanol–water partition coefficient (Wildman–Crippen LogP) is 4.87. The predicted molar refractivity (Wildman–Crippen MR) is 128 cm³/mol. The van der Waals surface area contributed by atoms with Gasteiger partial charge in [-0.1, -0.05) is 25.1 Å². The van der Waals surface area contributed by atoms with Gasteiger partial charge in [-0.2, -0.15) is 0 Å². The lowest BCUT2D eigenvalue weighted by Gasteiger charge is -2.35. The van der Waals surface area contributed by atoms with Gasteiger partial charge < -0.3 is 20.7 Å². The van der Waals surface area contributed by atoms with Gasteiger partial charge in [-0.15, -0.1) is 0 Å². The van der Waals surface area contributed by atoms with Crippen molar-refractivity contribution in [3.05, 3.63) is 70.4 Å². The van der Waals surface area contributed by atoms with E-state index in [1.54, 1.807) is 36.1 Å². The normalized spacial score (nSPS) is 15.7. The van der Waals surface area contributed by atoms with Crippen LogP contribution < -0.4 is 16.0 Å². The van der Waals surface area contributed by atoms with E-state index in [2.05, 4.69) is 16.0 Å². The summed E-state index contributed by atoms with van der Waals surface area (Å²) in [4.78, 5) is 39.4. The number of allylic oxidation sites excluding steroid dienone is 1.